The Labute approximate surface area is 229 Å². The lowest BCUT2D eigenvalue weighted by molar-refractivity contribution is -0.143. The topological polar surface area (TPSA) is 79.1 Å². The fraction of sp³-hybridized carbons (Fsp3) is 0.276. The first-order valence-corrected chi connectivity index (χ1v) is 13.9. The first kappa shape index (κ1) is 27.3. The highest BCUT2D eigenvalue weighted by atomic mass is 32.2. The van der Waals surface area contributed by atoms with Gasteiger partial charge in [0.2, 0.25) is 0 Å². The quantitative estimate of drug-likeness (QED) is 0.241. The molecule has 38 heavy (non-hydrogen) atoms. The van der Waals surface area contributed by atoms with Gasteiger partial charge in [-0.15, -0.1) is 18.2 Å². The van der Waals surface area contributed by atoms with Crippen molar-refractivity contribution in [3.63, 3.8) is 0 Å². The predicted molar refractivity (Wildman–Crippen MR) is 151 cm³/mol. The number of carbonyl (C=O) groups is 1. The predicted octanol–water partition coefficient (Wildman–Crippen LogP) is 3.93. The number of rotatable bonds is 8. The number of esters is 1. The van der Waals surface area contributed by atoms with Gasteiger partial charge in [0, 0.05) is 4.90 Å². The second kappa shape index (κ2) is 11.8. The molecule has 0 unspecified atom stereocenters. The number of methoxy groups -OCH3 is 1. The van der Waals surface area contributed by atoms with E-state index in [2.05, 4.69) is 10.9 Å². The second-order valence-electron chi connectivity index (χ2n) is 8.71. The first-order chi connectivity index (χ1) is 18.3. The summed E-state index contributed by atoms with van der Waals surface area (Å²) in [6.07, 6.45) is 8.75. The summed E-state index contributed by atoms with van der Waals surface area (Å²) in [7, 11) is 1.54. The number of thiazole rings is 1. The molecule has 1 aliphatic rings. The fourth-order valence-corrected chi connectivity index (χ4v) is 5.58. The van der Waals surface area contributed by atoms with Crippen molar-refractivity contribution in [1.82, 2.24) is 4.57 Å². The number of fused-ring (bicyclic) bond motifs is 1. The van der Waals surface area contributed by atoms with E-state index >= 15 is 0 Å². The fourth-order valence-electron chi connectivity index (χ4n) is 4.13. The summed E-state index contributed by atoms with van der Waals surface area (Å²) >= 11 is 2.89. The van der Waals surface area contributed by atoms with E-state index in [0.29, 0.717) is 32.1 Å². The molecule has 2 aromatic carbocycles. The van der Waals surface area contributed by atoms with Gasteiger partial charge in [0.25, 0.3) is 5.56 Å². The number of hydrogen-bond acceptors (Lipinski definition) is 8. The van der Waals surface area contributed by atoms with Crippen LogP contribution in [0, 0.1) is 12.3 Å². The molecule has 0 saturated carbocycles. The van der Waals surface area contributed by atoms with E-state index in [1.54, 1.807) is 62.4 Å². The molecule has 3 aromatic rings. The number of hydrogen-bond donors (Lipinski definition) is 0. The number of carbonyl (C=O) groups excluding carboxylic acids is 1. The van der Waals surface area contributed by atoms with Crippen molar-refractivity contribution in [2.45, 2.75) is 37.8 Å². The summed E-state index contributed by atoms with van der Waals surface area (Å²) in [5.41, 5.74) is 2.18. The largest absolute Gasteiger partial charge is 0.493 e. The highest BCUT2D eigenvalue weighted by molar-refractivity contribution is 7.98. The van der Waals surface area contributed by atoms with Crippen LogP contribution in [0.1, 0.15) is 37.9 Å². The monoisotopic (exact) mass is 548 g/mol. The molecule has 1 aliphatic heterocycles. The number of thioether (sulfide) groups is 1. The molecular formula is C29H28N2O5S2. The van der Waals surface area contributed by atoms with Gasteiger partial charge in [-0.05, 0) is 68.5 Å². The Morgan fingerprint density at radius 2 is 1.97 bits per heavy atom. The Morgan fingerprint density at radius 1 is 1.24 bits per heavy atom. The SMILES string of the molecule is C#CCOc1ccc(/C=c2\sc3n(c2=O)[C@@H](c2ccc(SC)cc2)C(C(=O)OC(C)C)=C(C)N=3)cc1OC. The number of terminal acetylenes is 1. The van der Waals surface area contributed by atoms with Gasteiger partial charge in [0.1, 0.15) is 6.61 Å². The van der Waals surface area contributed by atoms with Gasteiger partial charge in [-0.25, -0.2) is 9.79 Å². The molecule has 1 atom stereocenters. The summed E-state index contributed by atoms with van der Waals surface area (Å²) < 4.78 is 18.6. The standard InChI is InChI=1S/C29H28N2O5S2/c1-7-14-35-22-13-8-19(15-23(22)34-5)16-24-27(32)31-26(20-9-11-21(37-6)12-10-20)25(28(33)36-17(2)3)18(4)30-29(31)38-24/h1,8-13,15-17,26H,14H2,2-6H3/b24-16-/t26-/m0/s1. The van der Waals surface area contributed by atoms with Gasteiger partial charge in [-0.1, -0.05) is 35.5 Å². The molecule has 0 aliphatic carbocycles. The van der Waals surface area contributed by atoms with Crippen LogP contribution in [0.15, 0.2) is 68.4 Å². The van der Waals surface area contributed by atoms with Gasteiger partial charge in [-0.2, -0.15) is 0 Å². The van der Waals surface area contributed by atoms with E-state index < -0.39 is 12.0 Å². The lowest BCUT2D eigenvalue weighted by Gasteiger charge is -2.25. The van der Waals surface area contributed by atoms with Gasteiger partial charge < -0.3 is 14.2 Å². The van der Waals surface area contributed by atoms with Crippen LogP contribution in [0.25, 0.3) is 6.08 Å². The maximum atomic E-state index is 13.8. The van der Waals surface area contributed by atoms with Crippen LogP contribution in [0.2, 0.25) is 0 Å². The van der Waals surface area contributed by atoms with Crippen molar-refractivity contribution in [1.29, 1.82) is 0 Å². The third-order valence-electron chi connectivity index (χ3n) is 5.81. The average Bonchev–Trinajstić information content (AvgIpc) is 3.20. The molecule has 0 radical (unpaired) electrons. The Balaban J connectivity index is 1.87. The van der Waals surface area contributed by atoms with E-state index in [-0.39, 0.29) is 18.3 Å². The van der Waals surface area contributed by atoms with E-state index in [4.69, 9.17) is 20.6 Å². The number of aromatic nitrogens is 1. The van der Waals surface area contributed by atoms with E-state index in [0.717, 1.165) is 16.0 Å². The Hall–Kier alpha value is -3.74. The maximum Gasteiger partial charge on any atom is 0.338 e. The molecule has 4 rings (SSSR count). The highest BCUT2D eigenvalue weighted by Crippen LogP contribution is 2.32. The molecule has 0 amide bonds. The van der Waals surface area contributed by atoms with E-state index in [1.165, 1.54) is 11.3 Å². The van der Waals surface area contributed by atoms with Crippen LogP contribution in [-0.2, 0) is 9.53 Å². The summed E-state index contributed by atoms with van der Waals surface area (Å²) in [4.78, 5) is 33.3. The first-order valence-electron chi connectivity index (χ1n) is 11.9. The maximum absolute atomic E-state index is 13.8. The molecular weight excluding hydrogens is 520 g/mol. The smallest absolute Gasteiger partial charge is 0.338 e. The molecule has 0 N–H and O–H groups in total. The third-order valence-corrected chi connectivity index (χ3v) is 7.54. The van der Waals surface area contributed by atoms with Gasteiger partial charge >= 0.3 is 5.97 Å². The third kappa shape index (κ3) is 5.57. The molecule has 1 aromatic heterocycles. The van der Waals surface area contributed by atoms with Gasteiger partial charge in [0.05, 0.1) is 35.1 Å². The van der Waals surface area contributed by atoms with Crippen LogP contribution in [0.4, 0.5) is 0 Å². The number of benzene rings is 2. The zero-order valence-electron chi connectivity index (χ0n) is 21.8. The van der Waals surface area contributed by atoms with Crippen LogP contribution in [0.3, 0.4) is 0 Å². The van der Waals surface area contributed by atoms with Gasteiger partial charge in [0.15, 0.2) is 16.3 Å². The molecule has 2 heterocycles. The molecule has 196 valence electrons. The van der Waals surface area contributed by atoms with Crippen molar-refractivity contribution in [3.05, 3.63) is 84.5 Å². The van der Waals surface area contributed by atoms with E-state index in [1.807, 2.05) is 36.6 Å². The molecule has 0 fully saturated rings. The minimum atomic E-state index is -0.662. The number of nitrogens with zero attached hydrogens (tertiary/aromatic N) is 2. The lowest BCUT2D eigenvalue weighted by Crippen LogP contribution is -2.40. The highest BCUT2D eigenvalue weighted by Gasteiger charge is 2.33. The van der Waals surface area contributed by atoms with Crippen molar-refractivity contribution in [2.24, 2.45) is 4.99 Å². The number of allylic oxidation sites excluding steroid dienone is 1. The minimum absolute atomic E-state index is 0.118. The van der Waals surface area contributed by atoms with Crippen LogP contribution < -0.4 is 24.4 Å². The van der Waals surface area contributed by atoms with Crippen LogP contribution in [0.5, 0.6) is 11.5 Å². The summed E-state index contributed by atoms with van der Waals surface area (Å²) in [5, 5.41) is 0. The molecule has 7 nitrogen and oxygen atoms in total. The van der Waals surface area contributed by atoms with Crippen molar-refractivity contribution >= 4 is 35.1 Å². The normalized spacial score (nSPS) is 15.1. The summed E-state index contributed by atoms with van der Waals surface area (Å²) in [6.45, 7) is 5.48. The minimum Gasteiger partial charge on any atom is -0.493 e. The molecule has 0 spiro atoms. The number of ether oxygens (including phenoxy) is 3. The van der Waals surface area contributed by atoms with Crippen molar-refractivity contribution < 1.29 is 19.0 Å². The molecule has 0 bridgehead atoms. The van der Waals surface area contributed by atoms with Crippen molar-refractivity contribution in [2.75, 3.05) is 20.0 Å². The average molecular weight is 549 g/mol. The molecule has 0 saturated heterocycles. The summed E-state index contributed by atoms with van der Waals surface area (Å²) in [6, 6.07) is 12.5. The van der Waals surface area contributed by atoms with Crippen molar-refractivity contribution in [3.8, 4) is 23.8 Å². The Bertz CT molecular complexity index is 1610. The zero-order valence-corrected chi connectivity index (χ0v) is 23.4. The van der Waals surface area contributed by atoms with Crippen LogP contribution in [-0.4, -0.2) is 36.6 Å². The zero-order chi connectivity index (χ0) is 27.4. The molecule has 9 heteroatoms. The van der Waals surface area contributed by atoms with Gasteiger partial charge in [-0.3, -0.25) is 9.36 Å². The summed E-state index contributed by atoms with van der Waals surface area (Å²) in [5.74, 6) is 2.96. The Kier molecular flexibility index (Phi) is 8.45. The lowest BCUT2D eigenvalue weighted by atomic mass is 9.96. The van der Waals surface area contributed by atoms with E-state index in [9.17, 15) is 9.59 Å². The second-order valence-corrected chi connectivity index (χ2v) is 10.6. The Morgan fingerprint density at radius 3 is 2.61 bits per heavy atom. The van der Waals surface area contributed by atoms with Crippen LogP contribution >= 0.6 is 23.1 Å².